The van der Waals surface area contributed by atoms with Crippen molar-refractivity contribution in [2.45, 2.75) is 32.1 Å². The van der Waals surface area contributed by atoms with Gasteiger partial charge in [0.05, 0.1) is 11.0 Å². The lowest BCUT2D eigenvalue weighted by Crippen LogP contribution is -2.44. The number of hydrogen-bond donors (Lipinski definition) is 1. The number of imidazole rings is 1. The zero-order valence-electron chi connectivity index (χ0n) is 17.3. The largest absolute Gasteiger partial charge is 0.449 e. The Morgan fingerprint density at radius 3 is 2.34 bits per heavy atom. The molecule has 4 rings (SSSR count). The fourth-order valence-corrected chi connectivity index (χ4v) is 4.01. The van der Waals surface area contributed by atoms with Crippen LogP contribution in [0.2, 0.25) is 0 Å². The van der Waals surface area contributed by atoms with Crippen molar-refractivity contribution in [2.24, 2.45) is 5.92 Å². The number of halogens is 3. The molecule has 0 aliphatic carbocycles. The molecule has 0 saturated carbocycles. The number of benzene rings is 2. The standard InChI is InChI=1S/C23H23F3N4O2/c24-23(25,26)22-28-18-8-4-5-9-19(18)30(22)15-20(31)29-12-10-17(11-13-29)21(32)27-14-16-6-2-1-3-7-16/h1-9,17H,10-15H2,(H,27,32). The molecule has 3 aromatic rings. The van der Waals surface area contributed by atoms with Crippen molar-refractivity contribution in [2.75, 3.05) is 13.1 Å². The van der Waals surface area contributed by atoms with E-state index in [1.165, 1.54) is 17.0 Å². The van der Waals surface area contributed by atoms with Crippen LogP contribution in [0.15, 0.2) is 54.6 Å². The Morgan fingerprint density at radius 1 is 1.00 bits per heavy atom. The van der Waals surface area contributed by atoms with Crippen LogP contribution < -0.4 is 5.32 Å². The molecule has 0 unspecified atom stereocenters. The van der Waals surface area contributed by atoms with E-state index in [-0.39, 0.29) is 22.9 Å². The highest BCUT2D eigenvalue weighted by Gasteiger charge is 2.38. The maximum absolute atomic E-state index is 13.5. The first-order valence-corrected chi connectivity index (χ1v) is 10.4. The Bertz CT molecular complexity index is 1100. The second kappa shape index (κ2) is 9.02. The summed E-state index contributed by atoms with van der Waals surface area (Å²) in [6.45, 7) is 0.652. The number of carbonyl (C=O) groups excluding carboxylic acids is 2. The number of aromatic nitrogens is 2. The summed E-state index contributed by atoms with van der Waals surface area (Å²) in [7, 11) is 0. The number of nitrogens with zero attached hydrogens (tertiary/aromatic N) is 3. The van der Waals surface area contributed by atoms with Gasteiger partial charge in [0.15, 0.2) is 0 Å². The molecule has 6 nitrogen and oxygen atoms in total. The zero-order chi connectivity index (χ0) is 22.7. The molecule has 0 bridgehead atoms. The van der Waals surface area contributed by atoms with Crippen molar-refractivity contribution in [3.05, 3.63) is 66.0 Å². The van der Waals surface area contributed by atoms with Crippen LogP contribution in [-0.2, 0) is 28.9 Å². The molecule has 2 amide bonds. The molecule has 32 heavy (non-hydrogen) atoms. The van der Waals surface area contributed by atoms with E-state index in [2.05, 4.69) is 10.3 Å². The van der Waals surface area contributed by atoms with Gasteiger partial charge in [0, 0.05) is 25.6 Å². The van der Waals surface area contributed by atoms with Gasteiger partial charge in [-0.3, -0.25) is 9.59 Å². The van der Waals surface area contributed by atoms with Crippen molar-refractivity contribution >= 4 is 22.8 Å². The third-order valence-electron chi connectivity index (χ3n) is 5.73. The molecular formula is C23H23F3N4O2. The van der Waals surface area contributed by atoms with E-state index in [9.17, 15) is 22.8 Å². The number of piperidine rings is 1. The lowest BCUT2D eigenvalue weighted by molar-refractivity contribution is -0.148. The molecule has 1 fully saturated rings. The smallest absolute Gasteiger partial charge is 0.352 e. The minimum absolute atomic E-state index is 0.0686. The summed E-state index contributed by atoms with van der Waals surface area (Å²) in [5.41, 5.74) is 1.46. The van der Waals surface area contributed by atoms with Crippen LogP contribution in [0.3, 0.4) is 0 Å². The van der Waals surface area contributed by atoms with Crippen molar-refractivity contribution < 1.29 is 22.8 Å². The summed E-state index contributed by atoms with van der Waals surface area (Å²) in [6.07, 6.45) is -3.71. The van der Waals surface area contributed by atoms with Crippen LogP contribution in [-0.4, -0.2) is 39.4 Å². The average Bonchev–Trinajstić information content (AvgIpc) is 3.17. The minimum atomic E-state index is -4.66. The SMILES string of the molecule is O=C(NCc1ccccc1)C1CCN(C(=O)Cn2c(C(F)(F)F)nc3ccccc32)CC1. The predicted octanol–water partition coefficient (Wildman–Crippen LogP) is 3.61. The quantitative estimate of drug-likeness (QED) is 0.654. The molecule has 0 spiro atoms. The number of carbonyl (C=O) groups is 2. The highest BCUT2D eigenvalue weighted by Crippen LogP contribution is 2.31. The van der Waals surface area contributed by atoms with E-state index in [1.807, 2.05) is 30.3 Å². The van der Waals surface area contributed by atoms with Gasteiger partial charge in [0.25, 0.3) is 0 Å². The second-order valence-corrected chi connectivity index (χ2v) is 7.87. The zero-order valence-corrected chi connectivity index (χ0v) is 17.3. The van der Waals surface area contributed by atoms with E-state index in [4.69, 9.17) is 0 Å². The maximum atomic E-state index is 13.5. The van der Waals surface area contributed by atoms with Crippen LogP contribution in [0.25, 0.3) is 11.0 Å². The van der Waals surface area contributed by atoms with Gasteiger partial charge < -0.3 is 14.8 Å². The van der Waals surface area contributed by atoms with E-state index in [1.54, 1.807) is 12.1 Å². The summed E-state index contributed by atoms with van der Waals surface area (Å²) in [5, 5.41) is 2.91. The van der Waals surface area contributed by atoms with E-state index >= 15 is 0 Å². The Labute approximate surface area is 183 Å². The van der Waals surface area contributed by atoms with Crippen LogP contribution in [0, 0.1) is 5.92 Å². The van der Waals surface area contributed by atoms with Crippen molar-refractivity contribution in [3.63, 3.8) is 0 Å². The lowest BCUT2D eigenvalue weighted by atomic mass is 9.95. The van der Waals surface area contributed by atoms with Crippen molar-refractivity contribution in [1.82, 2.24) is 19.8 Å². The Hall–Kier alpha value is -3.36. The van der Waals surface area contributed by atoms with Crippen LogP contribution in [0.1, 0.15) is 24.2 Å². The lowest BCUT2D eigenvalue weighted by Gasteiger charge is -2.31. The van der Waals surface area contributed by atoms with Gasteiger partial charge >= 0.3 is 6.18 Å². The average molecular weight is 444 g/mol. The molecule has 9 heteroatoms. The fraction of sp³-hybridized carbons (Fsp3) is 0.348. The summed E-state index contributed by atoms with van der Waals surface area (Å²) in [4.78, 5) is 30.4. The Balaban J connectivity index is 1.37. The number of rotatable bonds is 5. The van der Waals surface area contributed by atoms with E-state index in [0.717, 1.165) is 10.1 Å². The van der Waals surface area contributed by atoms with Gasteiger partial charge in [-0.2, -0.15) is 13.2 Å². The van der Waals surface area contributed by atoms with Gasteiger partial charge in [0.1, 0.15) is 6.54 Å². The summed E-state index contributed by atoms with van der Waals surface area (Å²) in [5.74, 6) is -1.78. The number of amides is 2. The highest BCUT2D eigenvalue weighted by atomic mass is 19.4. The van der Waals surface area contributed by atoms with Gasteiger partial charge in [-0.1, -0.05) is 42.5 Å². The molecule has 1 N–H and O–H groups in total. The molecular weight excluding hydrogens is 421 g/mol. The molecule has 2 aromatic carbocycles. The first-order chi connectivity index (χ1) is 15.3. The number of likely N-dealkylation sites (tertiary alicyclic amines) is 1. The number of hydrogen-bond acceptors (Lipinski definition) is 3. The van der Waals surface area contributed by atoms with Crippen LogP contribution >= 0.6 is 0 Å². The number of para-hydroxylation sites is 2. The maximum Gasteiger partial charge on any atom is 0.449 e. The number of fused-ring (bicyclic) bond motifs is 1. The molecule has 1 aromatic heterocycles. The van der Waals surface area contributed by atoms with E-state index in [0.29, 0.717) is 32.5 Å². The van der Waals surface area contributed by atoms with Crippen molar-refractivity contribution in [1.29, 1.82) is 0 Å². The van der Waals surface area contributed by atoms with Crippen molar-refractivity contribution in [3.8, 4) is 0 Å². The topological polar surface area (TPSA) is 67.2 Å². The number of alkyl halides is 3. The van der Waals surface area contributed by atoms with Gasteiger partial charge in [-0.25, -0.2) is 4.98 Å². The monoisotopic (exact) mass is 444 g/mol. The number of nitrogens with one attached hydrogen (secondary N) is 1. The Morgan fingerprint density at radius 2 is 1.66 bits per heavy atom. The molecule has 168 valence electrons. The Kier molecular flexibility index (Phi) is 6.16. The fourth-order valence-electron chi connectivity index (χ4n) is 4.01. The summed E-state index contributed by atoms with van der Waals surface area (Å²) >= 11 is 0. The first-order valence-electron chi connectivity index (χ1n) is 10.4. The van der Waals surface area contributed by atoms with Crippen LogP contribution in [0.4, 0.5) is 13.2 Å². The highest BCUT2D eigenvalue weighted by molar-refractivity contribution is 5.82. The third-order valence-corrected chi connectivity index (χ3v) is 5.73. The van der Waals surface area contributed by atoms with Crippen LogP contribution in [0.5, 0.6) is 0 Å². The molecule has 2 heterocycles. The summed E-state index contributed by atoms with van der Waals surface area (Å²) < 4.78 is 41.3. The van der Waals surface area contributed by atoms with Gasteiger partial charge in [0.2, 0.25) is 17.6 Å². The molecule has 1 saturated heterocycles. The van der Waals surface area contributed by atoms with Gasteiger partial charge in [-0.15, -0.1) is 0 Å². The third kappa shape index (κ3) is 4.76. The minimum Gasteiger partial charge on any atom is -0.352 e. The summed E-state index contributed by atoms with van der Waals surface area (Å²) in [6, 6.07) is 15.8. The molecule has 1 aliphatic heterocycles. The normalized spacial score (nSPS) is 15.2. The predicted molar refractivity (Wildman–Crippen MR) is 112 cm³/mol. The molecule has 0 radical (unpaired) electrons. The first kappa shape index (κ1) is 21.9. The molecule has 1 aliphatic rings. The van der Waals surface area contributed by atoms with E-state index < -0.39 is 24.5 Å². The van der Waals surface area contributed by atoms with Gasteiger partial charge in [-0.05, 0) is 30.5 Å². The molecule has 0 atom stereocenters. The second-order valence-electron chi connectivity index (χ2n) is 7.87.